The lowest BCUT2D eigenvalue weighted by Crippen LogP contribution is -2.37. The number of phosphoric acid groups is 1. The van der Waals surface area contributed by atoms with Gasteiger partial charge in [-0.15, -0.1) is 0 Å². The molecule has 0 aromatic rings. The molecule has 0 aliphatic rings. The third-order valence-electron chi connectivity index (χ3n) is 11.9. The van der Waals surface area contributed by atoms with Crippen LogP contribution in [0.5, 0.6) is 0 Å². The van der Waals surface area contributed by atoms with Gasteiger partial charge in [0.05, 0.1) is 34.4 Å². The molecule has 0 saturated heterocycles. The number of allylic oxidation sites excluding steroid dienone is 14. The van der Waals surface area contributed by atoms with Crippen LogP contribution in [0.3, 0.4) is 0 Å². The standard InChI is InChI=1S/C60H108NO7P/c1-6-8-10-12-14-16-18-20-22-24-26-28-30-32-34-36-38-40-42-44-46-48-50-52-55-65-57-59(58-67-69(63,64)66-56-54-61(3,4)5)68-60(62)53-51-49-47-45-43-41-39-37-35-33-31-29-27-25-23-21-19-17-15-13-11-9-7-2/h8,10,14,16,19-22,25-28,32,34,59H,6-7,9,11-13,15,17-18,23-24,29-31,33,35-58H2,1-5H3/b10-8-,16-14-,21-19-,22-20-,27-25-,28-26-,34-32-. The van der Waals surface area contributed by atoms with E-state index in [1.165, 1.54) is 135 Å². The summed E-state index contributed by atoms with van der Waals surface area (Å²) < 4.78 is 34.8. The molecule has 0 aromatic carbocycles. The highest BCUT2D eigenvalue weighted by molar-refractivity contribution is 7.45. The summed E-state index contributed by atoms with van der Waals surface area (Å²) in [6.45, 7) is 5.28. The van der Waals surface area contributed by atoms with Crippen molar-refractivity contribution in [1.82, 2.24) is 0 Å². The lowest BCUT2D eigenvalue weighted by molar-refractivity contribution is -0.870. The zero-order chi connectivity index (χ0) is 50.5. The number of hydrogen-bond donors (Lipinski definition) is 0. The number of unbranched alkanes of at least 4 members (excludes halogenated alkanes) is 24. The van der Waals surface area contributed by atoms with Gasteiger partial charge < -0.3 is 27.9 Å². The summed E-state index contributed by atoms with van der Waals surface area (Å²) in [5, 5.41) is 0. The molecule has 0 saturated carbocycles. The largest absolute Gasteiger partial charge is 0.756 e. The number of carbonyl (C=O) groups is 1. The Bertz CT molecular complexity index is 1380. The summed E-state index contributed by atoms with van der Waals surface area (Å²) in [6.07, 6.45) is 70.4. The number of esters is 1. The summed E-state index contributed by atoms with van der Waals surface area (Å²) in [5.41, 5.74) is 0. The maximum atomic E-state index is 12.8. The minimum Gasteiger partial charge on any atom is -0.756 e. The molecule has 0 rings (SSSR count). The van der Waals surface area contributed by atoms with E-state index in [4.69, 9.17) is 18.5 Å². The van der Waals surface area contributed by atoms with Crippen molar-refractivity contribution in [3.63, 3.8) is 0 Å². The Morgan fingerprint density at radius 3 is 1.26 bits per heavy atom. The van der Waals surface area contributed by atoms with Gasteiger partial charge in [0.25, 0.3) is 7.82 Å². The number of carbonyl (C=O) groups excluding carboxylic acids is 1. The van der Waals surface area contributed by atoms with E-state index >= 15 is 0 Å². The van der Waals surface area contributed by atoms with Crippen LogP contribution in [0, 0.1) is 0 Å². The molecule has 0 bridgehead atoms. The van der Waals surface area contributed by atoms with E-state index in [9.17, 15) is 14.3 Å². The Labute approximate surface area is 426 Å². The fourth-order valence-electron chi connectivity index (χ4n) is 7.60. The number of hydrogen-bond acceptors (Lipinski definition) is 7. The van der Waals surface area contributed by atoms with Crippen LogP contribution >= 0.6 is 7.82 Å². The Balaban J connectivity index is 4.13. The molecular formula is C60H108NO7P. The molecule has 2 atom stereocenters. The SMILES string of the molecule is CC/C=C\C/C=C\C/C=C\C/C=C\C/C=C\CCCCCCCCCCOCC(COP(=O)([O-])OCC[N+](C)(C)C)OC(=O)CCCCCCCCCCCCC/C=C\C/C=C\CCCCCCC. The van der Waals surface area contributed by atoms with Crippen molar-refractivity contribution in [3.05, 3.63) is 85.1 Å². The molecule has 0 fully saturated rings. The molecule has 8 nitrogen and oxygen atoms in total. The van der Waals surface area contributed by atoms with Gasteiger partial charge >= 0.3 is 5.97 Å². The smallest absolute Gasteiger partial charge is 0.306 e. The molecular weight excluding hydrogens is 878 g/mol. The Hall–Kier alpha value is -2.32. The van der Waals surface area contributed by atoms with Crippen molar-refractivity contribution >= 4 is 13.8 Å². The van der Waals surface area contributed by atoms with Gasteiger partial charge in [0.2, 0.25) is 0 Å². The minimum atomic E-state index is -4.54. The first-order valence-electron chi connectivity index (χ1n) is 28.3. The van der Waals surface area contributed by atoms with E-state index in [0.717, 1.165) is 77.0 Å². The first-order chi connectivity index (χ1) is 33.6. The number of likely N-dealkylation sites (N-methyl/N-ethyl adjacent to an activating group) is 1. The van der Waals surface area contributed by atoms with Gasteiger partial charge in [0.15, 0.2) is 0 Å². The van der Waals surface area contributed by atoms with Crippen LogP contribution in [0.25, 0.3) is 0 Å². The van der Waals surface area contributed by atoms with Crippen molar-refractivity contribution in [3.8, 4) is 0 Å². The zero-order valence-corrected chi connectivity index (χ0v) is 46.4. The molecule has 0 amide bonds. The summed E-state index contributed by atoms with van der Waals surface area (Å²) in [6, 6.07) is 0. The second-order valence-electron chi connectivity index (χ2n) is 19.9. The van der Waals surface area contributed by atoms with Crippen LogP contribution in [-0.2, 0) is 27.9 Å². The van der Waals surface area contributed by atoms with E-state index in [1.54, 1.807) is 0 Å². The number of rotatable bonds is 52. The molecule has 400 valence electrons. The molecule has 0 radical (unpaired) electrons. The van der Waals surface area contributed by atoms with E-state index in [0.29, 0.717) is 24.1 Å². The highest BCUT2D eigenvalue weighted by atomic mass is 31.2. The van der Waals surface area contributed by atoms with Gasteiger partial charge in [-0.1, -0.05) is 221 Å². The van der Waals surface area contributed by atoms with Crippen molar-refractivity contribution < 1.29 is 37.3 Å². The van der Waals surface area contributed by atoms with Crippen LogP contribution in [-0.4, -0.2) is 70.7 Å². The minimum absolute atomic E-state index is 0.0202. The summed E-state index contributed by atoms with van der Waals surface area (Å²) >= 11 is 0. The lowest BCUT2D eigenvalue weighted by atomic mass is 10.0. The first kappa shape index (κ1) is 66.7. The molecule has 0 N–H and O–H groups in total. The highest BCUT2D eigenvalue weighted by Gasteiger charge is 2.20. The number of ether oxygens (including phenoxy) is 2. The van der Waals surface area contributed by atoms with E-state index < -0.39 is 13.9 Å². The molecule has 0 aromatic heterocycles. The van der Waals surface area contributed by atoms with Crippen LogP contribution in [0.1, 0.15) is 232 Å². The van der Waals surface area contributed by atoms with Crippen molar-refractivity contribution in [2.45, 2.75) is 238 Å². The van der Waals surface area contributed by atoms with E-state index in [-0.39, 0.29) is 25.8 Å². The molecule has 0 heterocycles. The lowest BCUT2D eigenvalue weighted by Gasteiger charge is -2.28. The van der Waals surface area contributed by atoms with Crippen LogP contribution in [0.15, 0.2) is 85.1 Å². The van der Waals surface area contributed by atoms with Gasteiger partial charge in [-0.3, -0.25) is 9.36 Å². The quantitative estimate of drug-likeness (QED) is 0.0197. The van der Waals surface area contributed by atoms with Crippen LogP contribution in [0.4, 0.5) is 0 Å². The van der Waals surface area contributed by atoms with Gasteiger partial charge in [-0.2, -0.15) is 0 Å². The molecule has 69 heavy (non-hydrogen) atoms. The molecule has 9 heteroatoms. The maximum absolute atomic E-state index is 12.8. The molecule has 0 aliphatic heterocycles. The highest BCUT2D eigenvalue weighted by Crippen LogP contribution is 2.38. The summed E-state index contributed by atoms with van der Waals surface area (Å²) in [7, 11) is 1.34. The van der Waals surface area contributed by atoms with Crippen molar-refractivity contribution in [2.75, 3.05) is 54.1 Å². The topological polar surface area (TPSA) is 94.1 Å². The summed E-state index contributed by atoms with van der Waals surface area (Å²) in [5.74, 6) is -0.340. The zero-order valence-electron chi connectivity index (χ0n) is 45.5. The monoisotopic (exact) mass is 986 g/mol. The number of quaternary nitrogens is 1. The molecule has 0 aliphatic carbocycles. The molecule has 0 spiro atoms. The fourth-order valence-corrected chi connectivity index (χ4v) is 8.33. The number of nitrogens with zero attached hydrogens (tertiary/aromatic N) is 1. The maximum Gasteiger partial charge on any atom is 0.306 e. The first-order valence-corrected chi connectivity index (χ1v) is 29.8. The van der Waals surface area contributed by atoms with Crippen LogP contribution < -0.4 is 4.89 Å². The van der Waals surface area contributed by atoms with Gasteiger partial charge in [0, 0.05) is 13.0 Å². The second kappa shape index (κ2) is 52.0. The van der Waals surface area contributed by atoms with Gasteiger partial charge in [-0.05, 0) is 89.9 Å². The van der Waals surface area contributed by atoms with Crippen LogP contribution in [0.2, 0.25) is 0 Å². The predicted octanol–water partition coefficient (Wildman–Crippen LogP) is 17.3. The van der Waals surface area contributed by atoms with Gasteiger partial charge in [0.1, 0.15) is 19.3 Å². The summed E-state index contributed by atoms with van der Waals surface area (Å²) in [4.78, 5) is 25.3. The van der Waals surface area contributed by atoms with E-state index in [2.05, 4.69) is 98.9 Å². The van der Waals surface area contributed by atoms with Crippen molar-refractivity contribution in [1.29, 1.82) is 0 Å². The molecule has 2 unspecified atom stereocenters. The second-order valence-corrected chi connectivity index (χ2v) is 21.3. The average molecular weight is 986 g/mol. The third-order valence-corrected chi connectivity index (χ3v) is 12.9. The van der Waals surface area contributed by atoms with E-state index in [1.807, 2.05) is 21.1 Å². The Morgan fingerprint density at radius 1 is 0.464 bits per heavy atom. The predicted molar refractivity (Wildman–Crippen MR) is 295 cm³/mol. The third kappa shape index (κ3) is 56.5. The van der Waals surface area contributed by atoms with Crippen molar-refractivity contribution in [2.24, 2.45) is 0 Å². The Morgan fingerprint density at radius 2 is 0.841 bits per heavy atom. The van der Waals surface area contributed by atoms with Gasteiger partial charge in [-0.25, -0.2) is 0 Å². The number of phosphoric ester groups is 1. The Kier molecular flexibility index (Phi) is 50.3. The normalized spacial score (nSPS) is 14.1. The fraction of sp³-hybridized carbons (Fsp3) is 0.750. The average Bonchev–Trinajstić information content (AvgIpc) is 3.31.